The van der Waals surface area contributed by atoms with Crippen molar-refractivity contribution in [2.75, 3.05) is 36.5 Å². The first-order valence-electron chi connectivity index (χ1n) is 6.89. The van der Waals surface area contributed by atoms with Gasteiger partial charge in [0, 0.05) is 32.7 Å². The Morgan fingerprint density at radius 3 is 3.11 bits per heavy atom. The minimum atomic E-state index is -0.0882. The third-order valence-corrected chi connectivity index (χ3v) is 4.10. The zero-order valence-electron chi connectivity index (χ0n) is 11.7. The molecule has 3 rings (SSSR count). The zero-order valence-corrected chi connectivity index (χ0v) is 11.7. The summed E-state index contributed by atoms with van der Waals surface area (Å²) in [6, 6.07) is 2.43. The molecular weight excluding hydrogens is 240 g/mol. The average molecular weight is 260 g/mol. The number of nitrogens with zero attached hydrogens (tertiary/aromatic N) is 3. The molecule has 102 valence electrons. The van der Waals surface area contributed by atoms with Crippen LogP contribution in [0.1, 0.15) is 29.4 Å². The molecule has 1 amide bonds. The van der Waals surface area contributed by atoms with Gasteiger partial charge >= 0.3 is 0 Å². The van der Waals surface area contributed by atoms with E-state index in [2.05, 4.69) is 34.1 Å². The Morgan fingerprint density at radius 2 is 2.37 bits per heavy atom. The number of aryl methyl sites for hydroxylation is 1. The second-order valence-corrected chi connectivity index (χ2v) is 5.36. The van der Waals surface area contributed by atoms with Crippen molar-refractivity contribution in [3.05, 3.63) is 17.3 Å². The average Bonchev–Trinajstić information content (AvgIpc) is 2.81. The Hall–Kier alpha value is -1.78. The molecule has 2 aliphatic rings. The molecule has 0 saturated carbocycles. The number of carbonyl (C=O) groups is 1. The van der Waals surface area contributed by atoms with Crippen LogP contribution in [0.2, 0.25) is 0 Å². The number of pyridine rings is 1. The first-order chi connectivity index (χ1) is 9.11. The number of amides is 1. The summed E-state index contributed by atoms with van der Waals surface area (Å²) >= 11 is 0. The number of nitrogens with one attached hydrogen (secondary N) is 1. The van der Waals surface area contributed by atoms with E-state index in [4.69, 9.17) is 0 Å². The van der Waals surface area contributed by atoms with E-state index in [1.165, 1.54) is 12.1 Å². The fourth-order valence-corrected chi connectivity index (χ4v) is 3.09. The standard InChI is InChI=1S/C14H20N4O/c1-4-15-14(19)11-7-9(2)12-13(16-11)17(3)10-5-6-18(12)8-10/h7,10H,4-6,8H2,1-3H3,(H,15,19). The van der Waals surface area contributed by atoms with Crippen LogP contribution in [-0.4, -0.2) is 43.6 Å². The molecular formula is C14H20N4O. The quantitative estimate of drug-likeness (QED) is 0.867. The molecule has 1 N–H and O–H groups in total. The highest BCUT2D eigenvalue weighted by Gasteiger charge is 2.36. The van der Waals surface area contributed by atoms with Gasteiger partial charge in [0.1, 0.15) is 5.69 Å². The Balaban J connectivity index is 2.06. The summed E-state index contributed by atoms with van der Waals surface area (Å²) < 4.78 is 0. The van der Waals surface area contributed by atoms with E-state index in [0.717, 1.165) is 24.5 Å². The molecule has 1 aromatic rings. The van der Waals surface area contributed by atoms with Crippen molar-refractivity contribution in [3.8, 4) is 0 Å². The maximum atomic E-state index is 12.0. The summed E-state index contributed by atoms with van der Waals surface area (Å²) in [5, 5.41) is 2.82. The number of carbonyl (C=O) groups excluding carboxylic acids is 1. The van der Waals surface area contributed by atoms with Gasteiger partial charge < -0.3 is 15.1 Å². The smallest absolute Gasteiger partial charge is 0.269 e. The van der Waals surface area contributed by atoms with E-state index in [-0.39, 0.29) is 5.91 Å². The van der Waals surface area contributed by atoms with Crippen LogP contribution in [0, 0.1) is 6.92 Å². The summed E-state index contributed by atoms with van der Waals surface area (Å²) in [5.74, 6) is 0.865. The molecule has 1 aromatic heterocycles. The number of rotatable bonds is 2. The van der Waals surface area contributed by atoms with Crippen molar-refractivity contribution in [1.29, 1.82) is 0 Å². The minimum Gasteiger partial charge on any atom is -0.366 e. The summed E-state index contributed by atoms with van der Waals surface area (Å²) in [6.07, 6.45) is 1.17. The molecule has 0 aliphatic carbocycles. The minimum absolute atomic E-state index is 0.0882. The molecule has 1 atom stereocenters. The first kappa shape index (κ1) is 12.3. The molecule has 19 heavy (non-hydrogen) atoms. The maximum Gasteiger partial charge on any atom is 0.269 e. The van der Waals surface area contributed by atoms with Gasteiger partial charge in [-0.05, 0) is 31.9 Å². The molecule has 2 bridgehead atoms. The largest absolute Gasteiger partial charge is 0.366 e. The van der Waals surface area contributed by atoms with Gasteiger partial charge in [0.05, 0.1) is 5.69 Å². The predicted octanol–water partition coefficient (Wildman–Crippen LogP) is 1.17. The lowest BCUT2D eigenvalue weighted by Crippen LogP contribution is -2.41. The lowest BCUT2D eigenvalue weighted by atomic mass is 10.1. The van der Waals surface area contributed by atoms with Gasteiger partial charge in [-0.1, -0.05) is 0 Å². The second-order valence-electron chi connectivity index (χ2n) is 5.36. The summed E-state index contributed by atoms with van der Waals surface area (Å²) in [5.41, 5.74) is 2.86. The Bertz CT molecular complexity index is 528. The third-order valence-electron chi connectivity index (χ3n) is 4.10. The molecule has 1 fully saturated rings. The molecule has 1 saturated heterocycles. The third kappa shape index (κ3) is 1.84. The lowest BCUT2D eigenvalue weighted by molar-refractivity contribution is 0.0951. The second kappa shape index (κ2) is 4.40. The van der Waals surface area contributed by atoms with Crippen LogP contribution in [0.5, 0.6) is 0 Å². The number of anilines is 2. The van der Waals surface area contributed by atoms with E-state index in [9.17, 15) is 4.79 Å². The molecule has 3 heterocycles. The SMILES string of the molecule is CCNC(=O)c1cc(C)c2c(n1)N(C)C1CCN2C1. The normalized spacial score (nSPS) is 20.5. The monoisotopic (exact) mass is 260 g/mol. The van der Waals surface area contributed by atoms with E-state index in [0.29, 0.717) is 18.3 Å². The van der Waals surface area contributed by atoms with E-state index >= 15 is 0 Å². The first-order valence-corrected chi connectivity index (χ1v) is 6.89. The van der Waals surface area contributed by atoms with Crippen LogP contribution in [0.15, 0.2) is 6.07 Å². The number of fused-ring (bicyclic) bond motifs is 4. The fraction of sp³-hybridized carbons (Fsp3) is 0.571. The molecule has 0 aromatic carbocycles. The van der Waals surface area contributed by atoms with E-state index in [1.807, 2.05) is 13.0 Å². The highest BCUT2D eigenvalue weighted by atomic mass is 16.1. The number of aromatic nitrogens is 1. The highest BCUT2D eigenvalue weighted by Crippen LogP contribution is 2.40. The van der Waals surface area contributed by atoms with Gasteiger partial charge in [0.15, 0.2) is 5.82 Å². The molecule has 5 heteroatoms. The van der Waals surface area contributed by atoms with Gasteiger partial charge in [-0.2, -0.15) is 0 Å². The van der Waals surface area contributed by atoms with Crippen molar-refractivity contribution >= 4 is 17.4 Å². The Labute approximate surface area is 113 Å². The van der Waals surface area contributed by atoms with Crippen LogP contribution in [0.3, 0.4) is 0 Å². The number of likely N-dealkylation sites (N-methyl/N-ethyl adjacent to an activating group) is 1. The highest BCUT2D eigenvalue weighted by molar-refractivity contribution is 5.94. The van der Waals surface area contributed by atoms with Crippen molar-refractivity contribution in [2.24, 2.45) is 0 Å². The van der Waals surface area contributed by atoms with Gasteiger partial charge in [-0.3, -0.25) is 4.79 Å². The molecule has 1 unspecified atom stereocenters. The lowest BCUT2D eigenvalue weighted by Gasteiger charge is -2.35. The summed E-state index contributed by atoms with van der Waals surface area (Å²) in [6.45, 7) is 6.77. The fourth-order valence-electron chi connectivity index (χ4n) is 3.09. The zero-order chi connectivity index (χ0) is 13.6. The van der Waals surface area contributed by atoms with Crippen LogP contribution in [-0.2, 0) is 0 Å². The van der Waals surface area contributed by atoms with Gasteiger partial charge in [0.2, 0.25) is 0 Å². The molecule has 0 spiro atoms. The van der Waals surface area contributed by atoms with Crippen LogP contribution < -0.4 is 15.1 Å². The van der Waals surface area contributed by atoms with Crippen LogP contribution in [0.25, 0.3) is 0 Å². The van der Waals surface area contributed by atoms with Gasteiger partial charge in [-0.25, -0.2) is 4.98 Å². The molecule has 2 aliphatic heterocycles. The molecule has 5 nitrogen and oxygen atoms in total. The van der Waals surface area contributed by atoms with Gasteiger partial charge in [0.25, 0.3) is 5.91 Å². The van der Waals surface area contributed by atoms with Crippen LogP contribution >= 0.6 is 0 Å². The number of hydrogen-bond acceptors (Lipinski definition) is 4. The summed E-state index contributed by atoms with van der Waals surface area (Å²) in [7, 11) is 2.08. The van der Waals surface area contributed by atoms with Crippen molar-refractivity contribution in [3.63, 3.8) is 0 Å². The maximum absolute atomic E-state index is 12.0. The number of hydrogen-bond donors (Lipinski definition) is 1. The van der Waals surface area contributed by atoms with Crippen molar-refractivity contribution in [1.82, 2.24) is 10.3 Å². The predicted molar refractivity (Wildman–Crippen MR) is 76.0 cm³/mol. The summed E-state index contributed by atoms with van der Waals surface area (Å²) in [4.78, 5) is 21.2. The van der Waals surface area contributed by atoms with E-state index in [1.54, 1.807) is 0 Å². The van der Waals surface area contributed by atoms with Crippen molar-refractivity contribution < 1.29 is 4.79 Å². The molecule has 0 radical (unpaired) electrons. The topological polar surface area (TPSA) is 48.5 Å². The Morgan fingerprint density at radius 1 is 1.58 bits per heavy atom. The van der Waals surface area contributed by atoms with Crippen LogP contribution in [0.4, 0.5) is 11.5 Å². The van der Waals surface area contributed by atoms with E-state index < -0.39 is 0 Å². The van der Waals surface area contributed by atoms with Gasteiger partial charge in [-0.15, -0.1) is 0 Å². The Kier molecular flexibility index (Phi) is 2.84. The van der Waals surface area contributed by atoms with Crippen molar-refractivity contribution in [2.45, 2.75) is 26.3 Å².